The van der Waals surface area contributed by atoms with Crippen LogP contribution < -0.4 is 16.7 Å². The number of halogens is 6. The zero-order chi connectivity index (χ0) is 54.6. The summed E-state index contributed by atoms with van der Waals surface area (Å²) in [6.07, 6.45) is -1.17. The monoisotopic (exact) mass is 1030 g/mol. The molecule has 0 aliphatic heterocycles. The molecular formula is C55H74F6N6O6. The highest BCUT2D eigenvalue weighted by Crippen LogP contribution is 2.33. The summed E-state index contributed by atoms with van der Waals surface area (Å²) in [5.74, 6) is -1.08. The number of carbonyl (C=O) groups excluding carboxylic acids is 2. The van der Waals surface area contributed by atoms with Gasteiger partial charge in [-0.25, -0.2) is 4.79 Å². The second kappa shape index (κ2) is 28.6. The van der Waals surface area contributed by atoms with E-state index in [0.29, 0.717) is 31.5 Å². The van der Waals surface area contributed by atoms with Gasteiger partial charge in [0.2, 0.25) is 0 Å². The van der Waals surface area contributed by atoms with Crippen molar-refractivity contribution in [2.75, 3.05) is 20.2 Å². The first-order valence-corrected chi connectivity index (χ1v) is 24.6. The van der Waals surface area contributed by atoms with Gasteiger partial charge in [0, 0.05) is 61.4 Å². The van der Waals surface area contributed by atoms with Crippen molar-refractivity contribution in [3.05, 3.63) is 153 Å². The lowest BCUT2D eigenvalue weighted by molar-refractivity contribution is -0.156. The van der Waals surface area contributed by atoms with Crippen LogP contribution in [0.25, 0.3) is 0 Å². The highest BCUT2D eigenvalue weighted by Gasteiger charge is 2.33. The number of rotatable bonds is 20. The fourth-order valence-corrected chi connectivity index (χ4v) is 7.30. The van der Waals surface area contributed by atoms with Crippen LogP contribution in [0.5, 0.6) is 0 Å². The molecule has 18 heteroatoms. The molecule has 0 spiro atoms. The van der Waals surface area contributed by atoms with Crippen LogP contribution in [0.2, 0.25) is 0 Å². The summed E-state index contributed by atoms with van der Waals surface area (Å²) >= 11 is 0. The molecule has 12 nitrogen and oxygen atoms in total. The number of aromatic nitrogens is 4. The number of hydrogen-bond donors (Lipinski definition) is 2. The smallest absolute Gasteiger partial charge is 0.416 e. The number of nitrogens with zero attached hydrogens (tertiary/aromatic N) is 4. The highest BCUT2D eigenvalue weighted by molar-refractivity contribution is 5.71. The van der Waals surface area contributed by atoms with E-state index in [0.717, 1.165) is 67.9 Å². The van der Waals surface area contributed by atoms with Crippen molar-refractivity contribution < 1.29 is 50.1 Å². The molecule has 2 unspecified atom stereocenters. The summed E-state index contributed by atoms with van der Waals surface area (Å²) in [4.78, 5) is 47.0. The zero-order valence-corrected chi connectivity index (χ0v) is 43.8. The van der Waals surface area contributed by atoms with Crippen molar-refractivity contribution in [1.82, 2.24) is 24.4 Å². The largest absolute Gasteiger partial charge is 0.460 e. The SMILES string of the molecule is CCc1cccc(CCCN)n1.CCc1cccc(CCCn2ccn(C(CC(=O)OC(C)(C)C)c3cccc(C(F)(F)F)c3)c2=O)n1.COC(C)CN[C@@H](CC(=O)OC(C)(C)C)c1cccc(C(F)(F)F)c1. The highest BCUT2D eigenvalue weighted by atomic mass is 19.4. The van der Waals surface area contributed by atoms with Gasteiger partial charge in [0.1, 0.15) is 11.2 Å². The van der Waals surface area contributed by atoms with Crippen LogP contribution in [0.4, 0.5) is 26.3 Å². The van der Waals surface area contributed by atoms with Gasteiger partial charge in [-0.3, -0.25) is 28.7 Å². The van der Waals surface area contributed by atoms with Crippen LogP contribution in [-0.4, -0.2) is 68.5 Å². The Morgan fingerprint density at radius 2 is 1.14 bits per heavy atom. The summed E-state index contributed by atoms with van der Waals surface area (Å²) < 4.78 is 97.6. The molecule has 73 heavy (non-hydrogen) atoms. The lowest BCUT2D eigenvalue weighted by Crippen LogP contribution is -2.33. The average molecular weight is 1030 g/mol. The number of benzene rings is 2. The van der Waals surface area contributed by atoms with E-state index >= 15 is 0 Å². The van der Waals surface area contributed by atoms with Crippen LogP contribution in [-0.2, 0) is 68.4 Å². The molecule has 0 aliphatic carbocycles. The molecule has 0 radical (unpaired) electrons. The van der Waals surface area contributed by atoms with Gasteiger partial charge in [0.05, 0.1) is 36.1 Å². The molecule has 0 amide bonds. The minimum atomic E-state index is -4.55. The van der Waals surface area contributed by atoms with Crippen LogP contribution in [0.15, 0.2) is 102 Å². The Morgan fingerprint density at radius 3 is 1.62 bits per heavy atom. The lowest BCUT2D eigenvalue weighted by atomic mass is 10.0. The Labute approximate surface area is 426 Å². The van der Waals surface area contributed by atoms with Crippen molar-refractivity contribution in [2.24, 2.45) is 5.73 Å². The maximum absolute atomic E-state index is 13.4. The maximum Gasteiger partial charge on any atom is 0.416 e. The number of aryl methyl sites for hydroxylation is 5. The molecule has 0 saturated heterocycles. The van der Waals surface area contributed by atoms with Gasteiger partial charge in [-0.2, -0.15) is 26.3 Å². The van der Waals surface area contributed by atoms with Gasteiger partial charge in [0.15, 0.2) is 0 Å². The van der Waals surface area contributed by atoms with Crippen molar-refractivity contribution in [1.29, 1.82) is 0 Å². The minimum Gasteiger partial charge on any atom is -0.460 e. The molecule has 3 atom stereocenters. The summed E-state index contributed by atoms with van der Waals surface area (Å²) in [5.41, 5.74) is 6.85. The van der Waals surface area contributed by atoms with Crippen molar-refractivity contribution in [3.8, 4) is 0 Å². The van der Waals surface area contributed by atoms with E-state index in [4.69, 9.17) is 19.9 Å². The van der Waals surface area contributed by atoms with Crippen LogP contribution in [0.3, 0.4) is 0 Å². The van der Waals surface area contributed by atoms with E-state index in [-0.39, 0.29) is 24.5 Å². The fourth-order valence-electron chi connectivity index (χ4n) is 7.30. The molecule has 3 heterocycles. The first-order chi connectivity index (χ1) is 34.2. The molecule has 5 aromatic rings. The molecule has 402 valence electrons. The Bertz CT molecular complexity index is 2530. The number of methoxy groups -OCH3 is 1. The predicted octanol–water partition coefficient (Wildman–Crippen LogP) is 11.2. The first kappa shape index (κ1) is 61.4. The minimum absolute atomic E-state index is 0.0744. The lowest BCUT2D eigenvalue weighted by Gasteiger charge is -2.24. The summed E-state index contributed by atoms with van der Waals surface area (Å²) in [5, 5.41) is 3.09. The molecule has 2 aromatic carbocycles. The van der Waals surface area contributed by atoms with E-state index in [1.54, 1.807) is 60.9 Å². The van der Waals surface area contributed by atoms with Crippen LogP contribution >= 0.6 is 0 Å². The molecule has 5 rings (SSSR count). The molecule has 0 bridgehead atoms. The fraction of sp³-hybridized carbons (Fsp3) is 0.509. The van der Waals surface area contributed by atoms with E-state index in [1.807, 2.05) is 32.0 Å². The summed E-state index contributed by atoms with van der Waals surface area (Å²) in [6, 6.07) is 20.2. The number of nitrogens with one attached hydrogen (secondary N) is 1. The van der Waals surface area contributed by atoms with Gasteiger partial charge in [-0.15, -0.1) is 0 Å². The van der Waals surface area contributed by atoms with Gasteiger partial charge in [0.25, 0.3) is 0 Å². The standard InChI is InChI=1S/C27H32F3N3O3.C18H26F3NO3.C10H16N2/c1-5-21-11-7-12-22(31-21)13-8-14-32-15-16-33(25(32)35)23(18-24(34)36-26(2,3)4)19-9-6-10-20(17-19)27(28,29)30;1-12(24-5)11-22-15(10-16(23)25-17(2,3)4)13-7-6-8-14(9-13)18(19,20)21;1-2-9-5-3-6-10(12-9)7-4-8-11/h6-7,9-12,15-17,23H,5,8,13-14,18H2,1-4H3;6-9,12,15,22H,10-11H2,1-5H3;3,5-6H,2,4,7-8,11H2,1H3/t;12?,15-;/m.0./s1. The molecule has 0 aliphatic rings. The number of hydrogen-bond acceptors (Lipinski definition) is 10. The summed E-state index contributed by atoms with van der Waals surface area (Å²) in [7, 11) is 1.54. The molecule has 3 aromatic heterocycles. The van der Waals surface area contributed by atoms with Gasteiger partial charge < -0.3 is 25.3 Å². The third-order valence-corrected chi connectivity index (χ3v) is 11.0. The summed E-state index contributed by atoms with van der Waals surface area (Å²) in [6.45, 7) is 17.9. The number of nitrogens with two attached hydrogens (primary N) is 1. The Morgan fingerprint density at radius 1 is 0.671 bits per heavy atom. The molecule has 3 N–H and O–H groups in total. The first-order valence-electron chi connectivity index (χ1n) is 24.6. The Balaban J connectivity index is 0.000000327. The van der Waals surface area contributed by atoms with Gasteiger partial charge in [-0.05, 0) is 153 Å². The van der Waals surface area contributed by atoms with Crippen molar-refractivity contribution >= 4 is 11.9 Å². The topological polar surface area (TPSA) is 153 Å². The predicted molar refractivity (Wildman–Crippen MR) is 271 cm³/mol. The average Bonchev–Trinajstić information content (AvgIpc) is 3.68. The van der Waals surface area contributed by atoms with E-state index in [1.165, 1.54) is 44.9 Å². The van der Waals surface area contributed by atoms with E-state index in [9.17, 15) is 40.7 Å². The quantitative estimate of drug-likeness (QED) is 0.0569. The Hall–Kier alpha value is -5.85. The number of carbonyl (C=O) groups is 2. The molecule has 0 fully saturated rings. The molecule has 0 saturated carbocycles. The van der Waals surface area contributed by atoms with Crippen LogP contribution in [0.1, 0.15) is 145 Å². The number of pyridine rings is 2. The number of esters is 2. The molecular weight excluding hydrogens is 955 g/mol. The number of ether oxygens (including phenoxy) is 3. The number of imidazole rings is 1. The number of alkyl halides is 6. The van der Waals surface area contributed by atoms with Crippen molar-refractivity contribution in [3.63, 3.8) is 0 Å². The van der Waals surface area contributed by atoms with Gasteiger partial charge >= 0.3 is 30.0 Å². The van der Waals surface area contributed by atoms with E-state index in [2.05, 4.69) is 40.4 Å². The zero-order valence-electron chi connectivity index (χ0n) is 43.8. The maximum atomic E-state index is 13.4. The Kier molecular flexibility index (Phi) is 24.0. The van der Waals surface area contributed by atoms with E-state index < -0.39 is 64.4 Å². The van der Waals surface area contributed by atoms with Crippen molar-refractivity contribution in [2.45, 2.75) is 162 Å². The third-order valence-electron chi connectivity index (χ3n) is 11.0. The van der Waals surface area contributed by atoms with Crippen LogP contribution in [0, 0.1) is 0 Å². The van der Waals surface area contributed by atoms with Gasteiger partial charge in [-0.1, -0.05) is 50.2 Å². The normalized spacial score (nSPS) is 13.2. The second-order valence-corrected chi connectivity index (χ2v) is 19.5. The second-order valence-electron chi connectivity index (χ2n) is 19.5. The third kappa shape index (κ3) is 22.4.